The monoisotopic (exact) mass is 368 g/mol. The van der Waals surface area contributed by atoms with Crippen molar-refractivity contribution in [3.63, 3.8) is 0 Å². The van der Waals surface area contributed by atoms with Gasteiger partial charge in [-0.3, -0.25) is 0 Å². The third kappa shape index (κ3) is 1.93. The molecule has 2 N–H and O–H groups in total. The van der Waals surface area contributed by atoms with Crippen LogP contribution in [0.3, 0.4) is 0 Å². The van der Waals surface area contributed by atoms with Gasteiger partial charge in [-0.2, -0.15) is 0 Å². The lowest BCUT2D eigenvalue weighted by Crippen LogP contribution is -1.87. The van der Waals surface area contributed by atoms with Gasteiger partial charge in [-0.25, -0.2) is 0 Å². The van der Waals surface area contributed by atoms with Crippen LogP contribution >= 0.6 is 33.9 Å². The first-order chi connectivity index (χ1) is 8.77. The third-order valence-electron chi connectivity index (χ3n) is 2.62. The Morgan fingerprint density at radius 3 is 2.72 bits per heavy atom. The van der Waals surface area contributed by atoms with Gasteiger partial charge in [0, 0.05) is 14.0 Å². The van der Waals surface area contributed by atoms with E-state index in [1.165, 1.54) is 0 Å². The molecule has 3 nitrogen and oxygen atoms in total. The zero-order valence-corrected chi connectivity index (χ0v) is 12.2. The van der Waals surface area contributed by atoms with E-state index < -0.39 is 0 Å². The average Bonchev–Trinajstić information content (AvgIpc) is 2.98. The van der Waals surface area contributed by atoms with Crippen LogP contribution in [0.15, 0.2) is 46.3 Å². The number of hydrogen-bond acceptors (Lipinski definition) is 4. The minimum absolute atomic E-state index is 0.368. The molecule has 2 heterocycles. The molecule has 0 aliphatic carbocycles. The number of hydrogen-bond donors (Lipinski definition) is 1. The maximum Gasteiger partial charge on any atom is 0.231 e. The number of rotatable bonds is 2. The number of nitrogen functional groups attached to an aromatic ring is 1. The van der Waals surface area contributed by atoms with Crippen molar-refractivity contribution in [2.75, 3.05) is 5.73 Å². The summed E-state index contributed by atoms with van der Waals surface area (Å²) in [6, 6.07) is 12.1. The predicted octanol–water partition coefficient (Wildman–Crippen LogP) is 4.26. The molecule has 0 aliphatic rings. The molecule has 1 aromatic carbocycles. The third-order valence-corrected chi connectivity index (χ3v) is 4.44. The molecule has 0 unspecified atom stereocenters. The molecule has 0 fully saturated rings. The van der Waals surface area contributed by atoms with Crippen LogP contribution in [0.1, 0.15) is 0 Å². The van der Waals surface area contributed by atoms with Crippen molar-refractivity contribution in [1.29, 1.82) is 0 Å². The highest BCUT2D eigenvalue weighted by atomic mass is 127. The Balaban J connectivity index is 2.23. The van der Waals surface area contributed by atoms with Gasteiger partial charge in [-0.1, -0.05) is 29.4 Å². The van der Waals surface area contributed by atoms with Gasteiger partial charge in [-0.05, 0) is 40.1 Å². The van der Waals surface area contributed by atoms with Gasteiger partial charge in [0.25, 0.3) is 0 Å². The number of aromatic nitrogens is 1. The van der Waals surface area contributed by atoms with E-state index in [9.17, 15) is 0 Å². The Kier molecular flexibility index (Phi) is 3.09. The molecule has 0 radical (unpaired) electrons. The summed E-state index contributed by atoms with van der Waals surface area (Å²) in [6.07, 6.45) is 0. The SMILES string of the molecule is Nc1onc(-c2ccccc2I)c1-c1cccs1. The molecule has 0 saturated heterocycles. The smallest absolute Gasteiger partial charge is 0.231 e. The second-order valence-corrected chi connectivity index (χ2v) is 5.84. The Hall–Kier alpha value is -1.34. The maximum atomic E-state index is 5.90. The van der Waals surface area contributed by atoms with Gasteiger partial charge in [0.2, 0.25) is 5.88 Å². The molecule has 18 heavy (non-hydrogen) atoms. The lowest BCUT2D eigenvalue weighted by atomic mass is 10.1. The molecule has 3 rings (SSSR count). The first-order valence-corrected chi connectivity index (χ1v) is 7.27. The van der Waals surface area contributed by atoms with E-state index in [-0.39, 0.29) is 0 Å². The molecule has 0 spiro atoms. The minimum Gasteiger partial charge on any atom is -0.367 e. The van der Waals surface area contributed by atoms with Crippen molar-refractivity contribution >= 4 is 39.8 Å². The van der Waals surface area contributed by atoms with Crippen LogP contribution in [0.2, 0.25) is 0 Å². The van der Waals surface area contributed by atoms with Crippen LogP contribution in [0.4, 0.5) is 5.88 Å². The fourth-order valence-electron chi connectivity index (χ4n) is 1.80. The second kappa shape index (κ2) is 4.74. The number of thiophene rings is 1. The largest absolute Gasteiger partial charge is 0.367 e. The number of halogens is 1. The summed E-state index contributed by atoms with van der Waals surface area (Å²) in [7, 11) is 0. The molecule has 0 atom stereocenters. The predicted molar refractivity (Wildman–Crippen MR) is 82.4 cm³/mol. The van der Waals surface area contributed by atoms with Crippen LogP contribution in [-0.4, -0.2) is 5.16 Å². The molecular weight excluding hydrogens is 359 g/mol. The van der Waals surface area contributed by atoms with Crippen molar-refractivity contribution < 1.29 is 4.52 Å². The van der Waals surface area contributed by atoms with E-state index in [2.05, 4.69) is 27.7 Å². The van der Waals surface area contributed by atoms with Crippen molar-refractivity contribution in [2.45, 2.75) is 0 Å². The minimum atomic E-state index is 0.368. The van der Waals surface area contributed by atoms with Crippen LogP contribution in [0.25, 0.3) is 21.7 Å². The van der Waals surface area contributed by atoms with E-state index in [4.69, 9.17) is 10.3 Å². The lowest BCUT2D eigenvalue weighted by Gasteiger charge is -2.02. The van der Waals surface area contributed by atoms with E-state index in [1.807, 2.05) is 41.8 Å². The Morgan fingerprint density at radius 1 is 1.17 bits per heavy atom. The summed E-state index contributed by atoms with van der Waals surface area (Å²) in [5.74, 6) is 0.368. The molecule has 2 aromatic heterocycles. The molecule has 0 amide bonds. The van der Waals surface area contributed by atoms with E-state index in [1.54, 1.807) is 11.3 Å². The Morgan fingerprint density at radius 2 is 2.00 bits per heavy atom. The molecular formula is C13H9IN2OS. The summed E-state index contributed by atoms with van der Waals surface area (Å²) in [6.45, 7) is 0. The normalized spacial score (nSPS) is 10.7. The van der Waals surface area contributed by atoms with Gasteiger partial charge in [-0.15, -0.1) is 11.3 Å². The van der Waals surface area contributed by atoms with Crippen molar-refractivity contribution in [3.8, 4) is 21.7 Å². The van der Waals surface area contributed by atoms with Gasteiger partial charge in [0.15, 0.2) is 0 Å². The molecule has 5 heteroatoms. The first kappa shape index (κ1) is 11.7. The number of nitrogens with zero attached hydrogens (tertiary/aromatic N) is 1. The lowest BCUT2D eigenvalue weighted by molar-refractivity contribution is 0.439. The summed E-state index contributed by atoms with van der Waals surface area (Å²) < 4.78 is 6.29. The second-order valence-electron chi connectivity index (χ2n) is 3.73. The van der Waals surface area contributed by atoms with Gasteiger partial charge in [0.05, 0.1) is 5.56 Å². The summed E-state index contributed by atoms with van der Waals surface area (Å²) in [5, 5.41) is 6.12. The van der Waals surface area contributed by atoms with Gasteiger partial charge in [0.1, 0.15) is 5.69 Å². The highest BCUT2D eigenvalue weighted by Gasteiger charge is 2.19. The van der Waals surface area contributed by atoms with E-state index in [0.29, 0.717) is 5.88 Å². The number of benzene rings is 1. The van der Waals surface area contributed by atoms with Gasteiger partial charge >= 0.3 is 0 Å². The van der Waals surface area contributed by atoms with E-state index >= 15 is 0 Å². The van der Waals surface area contributed by atoms with Crippen molar-refractivity contribution in [1.82, 2.24) is 5.16 Å². The summed E-state index contributed by atoms with van der Waals surface area (Å²) in [5.41, 5.74) is 8.63. The van der Waals surface area contributed by atoms with Crippen LogP contribution < -0.4 is 5.73 Å². The van der Waals surface area contributed by atoms with Gasteiger partial charge < -0.3 is 10.3 Å². The molecule has 90 valence electrons. The quantitative estimate of drug-likeness (QED) is 0.688. The number of anilines is 1. The molecule has 0 bridgehead atoms. The van der Waals surface area contributed by atoms with Crippen LogP contribution in [0.5, 0.6) is 0 Å². The fourth-order valence-corrected chi connectivity index (χ4v) is 3.22. The summed E-state index contributed by atoms with van der Waals surface area (Å²) >= 11 is 3.92. The highest BCUT2D eigenvalue weighted by molar-refractivity contribution is 14.1. The van der Waals surface area contributed by atoms with Crippen molar-refractivity contribution in [2.24, 2.45) is 0 Å². The molecule has 3 aromatic rings. The fraction of sp³-hybridized carbons (Fsp3) is 0. The summed E-state index contributed by atoms with van der Waals surface area (Å²) in [4.78, 5) is 1.07. The first-order valence-electron chi connectivity index (χ1n) is 5.31. The number of nitrogens with two attached hydrogens (primary N) is 1. The maximum absolute atomic E-state index is 5.90. The zero-order chi connectivity index (χ0) is 12.5. The standard InChI is InChI=1S/C13H9IN2OS/c14-9-5-2-1-4-8(9)12-11(13(15)17-16-12)10-6-3-7-18-10/h1-7H,15H2. The molecule has 0 saturated carbocycles. The van der Waals surface area contributed by atoms with E-state index in [0.717, 1.165) is 25.3 Å². The van der Waals surface area contributed by atoms with Crippen molar-refractivity contribution in [3.05, 3.63) is 45.3 Å². The highest BCUT2D eigenvalue weighted by Crippen LogP contribution is 2.39. The molecule has 0 aliphatic heterocycles. The Labute approximate surface area is 122 Å². The topological polar surface area (TPSA) is 52.0 Å². The van der Waals surface area contributed by atoms with Crippen LogP contribution in [-0.2, 0) is 0 Å². The zero-order valence-electron chi connectivity index (χ0n) is 9.26. The Bertz CT molecular complexity index is 676. The van der Waals surface area contributed by atoms with Crippen LogP contribution in [0, 0.1) is 3.57 Å². The average molecular weight is 368 g/mol.